The fourth-order valence-corrected chi connectivity index (χ4v) is 2.27. The number of hydrogen-bond acceptors (Lipinski definition) is 5. The maximum absolute atomic E-state index is 11.9. The number of urea groups is 1. The van der Waals surface area contributed by atoms with Gasteiger partial charge in [-0.3, -0.25) is 5.32 Å². The van der Waals surface area contributed by atoms with Gasteiger partial charge in [-0.2, -0.15) is 0 Å². The topological polar surface area (TPSA) is 61.4 Å². The molecule has 0 spiro atoms. The summed E-state index contributed by atoms with van der Waals surface area (Å²) >= 11 is 1.33. The SMILES string of the molecule is C[C@H]1CN(C)CCN1C(=O)Nc1nncs1. The molecule has 0 saturated carbocycles. The summed E-state index contributed by atoms with van der Waals surface area (Å²) in [6.45, 7) is 4.62. The van der Waals surface area contributed by atoms with E-state index in [1.807, 2.05) is 4.90 Å². The van der Waals surface area contributed by atoms with Crippen molar-refractivity contribution < 1.29 is 4.79 Å². The molecule has 2 rings (SSSR count). The van der Waals surface area contributed by atoms with Gasteiger partial charge in [-0.1, -0.05) is 11.3 Å². The maximum atomic E-state index is 11.9. The summed E-state index contributed by atoms with van der Waals surface area (Å²) < 4.78 is 0. The number of anilines is 1. The summed E-state index contributed by atoms with van der Waals surface area (Å²) in [6.07, 6.45) is 0. The van der Waals surface area contributed by atoms with Gasteiger partial charge in [0.1, 0.15) is 5.51 Å². The fraction of sp³-hybridized carbons (Fsp3) is 0.667. The van der Waals surface area contributed by atoms with Crippen LogP contribution in [0.4, 0.5) is 9.93 Å². The third kappa shape index (κ3) is 2.48. The number of carbonyl (C=O) groups excluding carboxylic acids is 1. The quantitative estimate of drug-likeness (QED) is 0.786. The molecule has 0 radical (unpaired) electrons. The first-order valence-electron chi connectivity index (χ1n) is 5.19. The van der Waals surface area contributed by atoms with Gasteiger partial charge in [0, 0.05) is 25.7 Å². The minimum absolute atomic E-state index is 0.0858. The van der Waals surface area contributed by atoms with E-state index in [1.165, 1.54) is 11.3 Å². The third-order valence-corrected chi connectivity index (χ3v) is 3.27. The Morgan fingerprint density at radius 1 is 1.62 bits per heavy atom. The Balaban J connectivity index is 1.94. The van der Waals surface area contributed by atoms with Gasteiger partial charge < -0.3 is 9.80 Å². The van der Waals surface area contributed by atoms with E-state index in [4.69, 9.17) is 0 Å². The van der Waals surface area contributed by atoms with E-state index < -0.39 is 0 Å². The predicted octanol–water partition coefficient (Wildman–Crippen LogP) is 0.706. The lowest BCUT2D eigenvalue weighted by Gasteiger charge is -2.37. The number of nitrogens with zero attached hydrogens (tertiary/aromatic N) is 4. The number of likely N-dealkylation sites (N-methyl/N-ethyl adjacent to an activating group) is 1. The van der Waals surface area contributed by atoms with E-state index >= 15 is 0 Å². The van der Waals surface area contributed by atoms with Crippen LogP contribution in [-0.4, -0.2) is 58.8 Å². The first kappa shape index (κ1) is 11.3. The number of amides is 2. The van der Waals surface area contributed by atoms with Crippen molar-refractivity contribution >= 4 is 22.5 Å². The van der Waals surface area contributed by atoms with Crippen LogP contribution in [0, 0.1) is 0 Å². The molecule has 1 aliphatic rings. The lowest BCUT2D eigenvalue weighted by Crippen LogP contribution is -2.53. The van der Waals surface area contributed by atoms with Gasteiger partial charge in [-0.25, -0.2) is 4.79 Å². The first-order valence-corrected chi connectivity index (χ1v) is 6.07. The van der Waals surface area contributed by atoms with E-state index in [0.29, 0.717) is 5.13 Å². The number of piperazine rings is 1. The second kappa shape index (κ2) is 4.75. The molecule has 1 N–H and O–H groups in total. The van der Waals surface area contributed by atoms with Gasteiger partial charge in [0.15, 0.2) is 0 Å². The van der Waals surface area contributed by atoms with E-state index in [1.54, 1.807) is 5.51 Å². The minimum Gasteiger partial charge on any atom is -0.319 e. The van der Waals surface area contributed by atoms with Crippen LogP contribution in [0.15, 0.2) is 5.51 Å². The van der Waals surface area contributed by atoms with Gasteiger partial charge in [0.25, 0.3) is 0 Å². The summed E-state index contributed by atoms with van der Waals surface area (Å²) in [7, 11) is 2.07. The summed E-state index contributed by atoms with van der Waals surface area (Å²) in [6, 6.07) is 0.143. The van der Waals surface area contributed by atoms with E-state index in [2.05, 4.69) is 34.4 Å². The van der Waals surface area contributed by atoms with Gasteiger partial charge in [0.05, 0.1) is 0 Å². The van der Waals surface area contributed by atoms with Crippen molar-refractivity contribution in [2.75, 3.05) is 32.0 Å². The molecular weight excluding hydrogens is 226 g/mol. The van der Waals surface area contributed by atoms with Crippen LogP contribution in [0.2, 0.25) is 0 Å². The molecule has 1 aromatic rings. The van der Waals surface area contributed by atoms with E-state index in [0.717, 1.165) is 19.6 Å². The van der Waals surface area contributed by atoms with Crippen LogP contribution < -0.4 is 5.32 Å². The first-order chi connectivity index (χ1) is 7.66. The summed E-state index contributed by atoms with van der Waals surface area (Å²) in [5.74, 6) is 0. The molecule has 1 fully saturated rings. The number of nitrogens with one attached hydrogen (secondary N) is 1. The fourth-order valence-electron chi connectivity index (χ4n) is 1.83. The zero-order valence-corrected chi connectivity index (χ0v) is 10.2. The van der Waals surface area contributed by atoms with E-state index in [-0.39, 0.29) is 12.1 Å². The molecule has 2 heterocycles. The van der Waals surface area contributed by atoms with Crippen molar-refractivity contribution in [3.8, 4) is 0 Å². The van der Waals surface area contributed by atoms with Crippen molar-refractivity contribution in [2.24, 2.45) is 0 Å². The zero-order valence-electron chi connectivity index (χ0n) is 9.38. The Bertz CT molecular complexity index is 355. The summed E-state index contributed by atoms with van der Waals surface area (Å²) in [5.41, 5.74) is 1.60. The molecule has 0 unspecified atom stereocenters. The molecule has 0 aromatic carbocycles. The maximum Gasteiger partial charge on any atom is 0.324 e. The van der Waals surface area contributed by atoms with Crippen LogP contribution in [0.3, 0.4) is 0 Å². The third-order valence-electron chi connectivity index (χ3n) is 2.67. The van der Waals surface area contributed by atoms with E-state index in [9.17, 15) is 4.79 Å². The molecular formula is C9H15N5OS. The Hall–Kier alpha value is -1.21. The molecule has 16 heavy (non-hydrogen) atoms. The number of carbonyl (C=O) groups is 1. The normalized spacial score (nSPS) is 22.1. The molecule has 1 atom stereocenters. The average Bonchev–Trinajstić information content (AvgIpc) is 2.70. The van der Waals surface area contributed by atoms with Crippen LogP contribution in [0.25, 0.3) is 0 Å². The molecule has 1 saturated heterocycles. The Morgan fingerprint density at radius 2 is 2.44 bits per heavy atom. The van der Waals surface area contributed by atoms with Crippen molar-refractivity contribution in [2.45, 2.75) is 13.0 Å². The Labute approximate surface area is 98.3 Å². The van der Waals surface area contributed by atoms with Crippen LogP contribution in [0.1, 0.15) is 6.92 Å². The highest BCUT2D eigenvalue weighted by Gasteiger charge is 2.25. The molecule has 0 bridgehead atoms. The largest absolute Gasteiger partial charge is 0.324 e. The molecule has 6 nitrogen and oxygen atoms in total. The minimum atomic E-state index is -0.0858. The highest BCUT2D eigenvalue weighted by molar-refractivity contribution is 7.13. The smallest absolute Gasteiger partial charge is 0.319 e. The number of rotatable bonds is 1. The second-order valence-corrected chi connectivity index (χ2v) is 4.81. The average molecular weight is 241 g/mol. The van der Waals surface area contributed by atoms with Crippen LogP contribution >= 0.6 is 11.3 Å². The summed E-state index contributed by atoms with van der Waals surface area (Å²) in [5, 5.41) is 10.8. The summed E-state index contributed by atoms with van der Waals surface area (Å²) in [4.78, 5) is 16.0. The lowest BCUT2D eigenvalue weighted by molar-refractivity contribution is 0.125. The van der Waals surface area contributed by atoms with Gasteiger partial charge in [0.2, 0.25) is 5.13 Å². The molecule has 0 aliphatic carbocycles. The lowest BCUT2D eigenvalue weighted by atomic mass is 10.2. The molecule has 88 valence electrons. The monoisotopic (exact) mass is 241 g/mol. The second-order valence-electron chi connectivity index (χ2n) is 3.98. The standard InChI is InChI=1S/C9H15N5OS/c1-7-5-13(2)3-4-14(7)9(15)11-8-12-10-6-16-8/h6-7H,3-5H2,1-2H3,(H,11,12,15)/t7-/m0/s1. The van der Waals surface area contributed by atoms with Crippen molar-refractivity contribution in [1.82, 2.24) is 20.0 Å². The highest BCUT2D eigenvalue weighted by atomic mass is 32.1. The Kier molecular flexibility index (Phi) is 3.35. The number of hydrogen-bond donors (Lipinski definition) is 1. The van der Waals surface area contributed by atoms with Crippen molar-refractivity contribution in [3.63, 3.8) is 0 Å². The number of aromatic nitrogens is 2. The predicted molar refractivity (Wildman–Crippen MR) is 62.6 cm³/mol. The van der Waals surface area contributed by atoms with Gasteiger partial charge >= 0.3 is 6.03 Å². The van der Waals surface area contributed by atoms with Gasteiger partial charge in [-0.15, -0.1) is 10.2 Å². The van der Waals surface area contributed by atoms with Crippen LogP contribution in [-0.2, 0) is 0 Å². The van der Waals surface area contributed by atoms with Gasteiger partial charge in [-0.05, 0) is 14.0 Å². The molecule has 2 amide bonds. The molecule has 1 aliphatic heterocycles. The molecule has 7 heteroatoms. The van der Waals surface area contributed by atoms with Crippen molar-refractivity contribution in [3.05, 3.63) is 5.51 Å². The zero-order chi connectivity index (χ0) is 11.5. The Morgan fingerprint density at radius 3 is 3.06 bits per heavy atom. The molecule has 1 aromatic heterocycles. The van der Waals surface area contributed by atoms with Crippen LogP contribution in [0.5, 0.6) is 0 Å². The highest BCUT2D eigenvalue weighted by Crippen LogP contribution is 2.13. The van der Waals surface area contributed by atoms with Crippen molar-refractivity contribution in [1.29, 1.82) is 0 Å².